The molecule has 3 N–H and O–H groups in total. The fraction of sp³-hybridized carbons (Fsp3) is 0.364. The maximum atomic E-state index is 12.2. The second-order valence-electron chi connectivity index (χ2n) is 7.15. The third kappa shape index (κ3) is 6.77. The lowest BCUT2D eigenvalue weighted by Crippen LogP contribution is -2.46. The van der Waals surface area contributed by atoms with Crippen LogP contribution < -0.4 is 20.9 Å². The molecule has 3 rings (SSSR count). The van der Waals surface area contributed by atoms with E-state index in [2.05, 4.69) is 57.0 Å². The highest BCUT2D eigenvalue weighted by Gasteiger charge is 2.23. The van der Waals surface area contributed by atoms with Crippen molar-refractivity contribution >= 4 is 53.1 Å². The number of hydrogen-bond acceptors (Lipinski definition) is 3. The number of amides is 1. The van der Waals surface area contributed by atoms with Crippen molar-refractivity contribution in [3.63, 3.8) is 0 Å². The monoisotopic (exact) mass is 541 g/mol. The predicted octanol–water partition coefficient (Wildman–Crippen LogP) is 3.44. The normalized spacial score (nSPS) is 16.0. The first kappa shape index (κ1) is 24.3. The van der Waals surface area contributed by atoms with Gasteiger partial charge in [-0.25, -0.2) is 0 Å². The molecule has 30 heavy (non-hydrogen) atoms. The number of nitrogens with one attached hydrogen (secondary N) is 3. The average molecular weight is 542 g/mol. The van der Waals surface area contributed by atoms with Gasteiger partial charge in [-0.2, -0.15) is 0 Å². The van der Waals surface area contributed by atoms with Crippen molar-refractivity contribution in [1.82, 2.24) is 16.0 Å². The molecule has 1 fully saturated rings. The van der Waals surface area contributed by atoms with Crippen molar-refractivity contribution < 1.29 is 4.79 Å². The lowest BCUT2D eigenvalue weighted by Gasteiger charge is -2.20. The Morgan fingerprint density at radius 1 is 1.13 bits per heavy atom. The van der Waals surface area contributed by atoms with Gasteiger partial charge in [0.1, 0.15) is 0 Å². The number of halogens is 2. The van der Waals surface area contributed by atoms with E-state index in [4.69, 9.17) is 11.6 Å². The Kier molecular flexibility index (Phi) is 9.71. The van der Waals surface area contributed by atoms with Gasteiger partial charge in [0.25, 0.3) is 5.91 Å². The molecule has 0 radical (unpaired) electrons. The summed E-state index contributed by atoms with van der Waals surface area (Å²) in [5, 5.41) is 10.0. The third-order valence-electron chi connectivity index (χ3n) is 4.97. The number of aryl methyl sites for hydroxylation is 1. The Labute approximate surface area is 200 Å². The first-order valence-electron chi connectivity index (χ1n) is 9.88. The largest absolute Gasteiger partial charge is 0.369 e. The summed E-state index contributed by atoms with van der Waals surface area (Å²) < 4.78 is 0. The van der Waals surface area contributed by atoms with Crippen LogP contribution in [0, 0.1) is 6.92 Å². The van der Waals surface area contributed by atoms with Gasteiger partial charge in [-0.15, -0.1) is 24.0 Å². The summed E-state index contributed by atoms with van der Waals surface area (Å²) in [7, 11) is 1.75. The molecule has 1 heterocycles. The van der Waals surface area contributed by atoms with Crippen LogP contribution in [0.3, 0.4) is 0 Å². The van der Waals surface area contributed by atoms with Gasteiger partial charge in [-0.1, -0.05) is 41.4 Å². The lowest BCUT2D eigenvalue weighted by molar-refractivity contribution is 0.0954. The van der Waals surface area contributed by atoms with Crippen molar-refractivity contribution in [2.45, 2.75) is 19.4 Å². The number of hydrogen-bond donors (Lipinski definition) is 3. The van der Waals surface area contributed by atoms with Crippen LogP contribution in [0.2, 0.25) is 5.02 Å². The molecule has 0 bridgehead atoms. The number of carbonyl (C=O) groups is 1. The fourth-order valence-corrected chi connectivity index (χ4v) is 3.58. The SMILES string of the molecule is CN=C(NCCNC(=O)c1ccccc1Cl)NC1CCN(c2ccc(C)cc2)C1.I. The van der Waals surface area contributed by atoms with Gasteiger partial charge in [0.15, 0.2) is 5.96 Å². The van der Waals surface area contributed by atoms with E-state index >= 15 is 0 Å². The summed E-state index contributed by atoms with van der Waals surface area (Å²) in [6.45, 7) is 5.11. The predicted molar refractivity (Wildman–Crippen MR) is 135 cm³/mol. The molecule has 1 unspecified atom stereocenters. The topological polar surface area (TPSA) is 68.8 Å². The molecule has 1 amide bonds. The zero-order valence-corrected chi connectivity index (χ0v) is 20.4. The molecule has 0 spiro atoms. The van der Waals surface area contributed by atoms with Gasteiger partial charge in [0.05, 0.1) is 10.6 Å². The molecule has 6 nitrogen and oxygen atoms in total. The third-order valence-corrected chi connectivity index (χ3v) is 5.30. The lowest BCUT2D eigenvalue weighted by atomic mass is 10.2. The van der Waals surface area contributed by atoms with Gasteiger partial charge in [0.2, 0.25) is 0 Å². The van der Waals surface area contributed by atoms with E-state index in [9.17, 15) is 4.79 Å². The van der Waals surface area contributed by atoms with Crippen LogP contribution in [0.1, 0.15) is 22.3 Å². The van der Waals surface area contributed by atoms with E-state index in [1.165, 1.54) is 11.3 Å². The molecular formula is C22H29ClIN5O. The molecular weight excluding hydrogens is 513 g/mol. The maximum Gasteiger partial charge on any atom is 0.252 e. The number of benzene rings is 2. The van der Waals surface area contributed by atoms with Crippen molar-refractivity contribution in [1.29, 1.82) is 0 Å². The fourth-order valence-electron chi connectivity index (χ4n) is 3.35. The zero-order chi connectivity index (χ0) is 20.6. The van der Waals surface area contributed by atoms with Crippen LogP contribution in [-0.2, 0) is 0 Å². The van der Waals surface area contributed by atoms with Crippen molar-refractivity contribution in [3.05, 3.63) is 64.7 Å². The molecule has 1 aliphatic rings. The first-order valence-corrected chi connectivity index (χ1v) is 10.3. The Hall–Kier alpha value is -2.00. The minimum absolute atomic E-state index is 0. The van der Waals surface area contributed by atoms with E-state index in [1.54, 1.807) is 31.3 Å². The number of aliphatic imine (C=N–C) groups is 1. The van der Waals surface area contributed by atoms with Crippen LogP contribution in [0.5, 0.6) is 0 Å². The summed E-state index contributed by atoms with van der Waals surface area (Å²) in [6, 6.07) is 16.0. The molecule has 1 aliphatic heterocycles. The average Bonchev–Trinajstić information content (AvgIpc) is 3.19. The molecule has 2 aromatic carbocycles. The smallest absolute Gasteiger partial charge is 0.252 e. The zero-order valence-electron chi connectivity index (χ0n) is 17.3. The number of carbonyl (C=O) groups excluding carboxylic acids is 1. The summed E-state index contributed by atoms with van der Waals surface area (Å²) in [4.78, 5) is 18.9. The Bertz CT molecular complexity index is 859. The maximum absolute atomic E-state index is 12.2. The number of anilines is 1. The van der Waals surface area contributed by atoms with E-state index < -0.39 is 0 Å². The first-order chi connectivity index (χ1) is 14.1. The van der Waals surface area contributed by atoms with Crippen molar-refractivity contribution in [2.75, 3.05) is 38.1 Å². The Morgan fingerprint density at radius 3 is 2.53 bits per heavy atom. The summed E-state index contributed by atoms with van der Waals surface area (Å²) in [6.07, 6.45) is 1.05. The van der Waals surface area contributed by atoms with Crippen LogP contribution >= 0.6 is 35.6 Å². The molecule has 0 aliphatic carbocycles. The van der Waals surface area contributed by atoms with E-state index in [0.29, 0.717) is 29.7 Å². The quantitative estimate of drug-likeness (QED) is 0.227. The minimum atomic E-state index is -0.176. The highest BCUT2D eigenvalue weighted by Crippen LogP contribution is 2.20. The van der Waals surface area contributed by atoms with Gasteiger partial charge in [0, 0.05) is 45.0 Å². The van der Waals surface area contributed by atoms with Crippen LogP contribution in [0.15, 0.2) is 53.5 Å². The van der Waals surface area contributed by atoms with Gasteiger partial charge >= 0.3 is 0 Å². The molecule has 0 saturated carbocycles. The van der Waals surface area contributed by atoms with Crippen molar-refractivity contribution in [2.24, 2.45) is 4.99 Å². The Balaban J connectivity index is 0.00000320. The van der Waals surface area contributed by atoms with Gasteiger partial charge in [-0.05, 0) is 37.6 Å². The highest BCUT2D eigenvalue weighted by atomic mass is 127. The second kappa shape index (κ2) is 12.0. The minimum Gasteiger partial charge on any atom is -0.369 e. The molecule has 162 valence electrons. The summed E-state index contributed by atoms with van der Waals surface area (Å²) in [5.74, 6) is 0.567. The second-order valence-corrected chi connectivity index (χ2v) is 7.55. The number of guanidine groups is 1. The molecule has 8 heteroatoms. The summed E-state index contributed by atoms with van der Waals surface area (Å²) in [5.41, 5.74) is 3.01. The molecule has 2 aromatic rings. The number of nitrogens with zero attached hydrogens (tertiary/aromatic N) is 2. The van der Waals surface area contributed by atoms with Crippen LogP contribution in [0.25, 0.3) is 0 Å². The van der Waals surface area contributed by atoms with Gasteiger partial charge < -0.3 is 20.9 Å². The summed E-state index contributed by atoms with van der Waals surface area (Å²) >= 11 is 6.05. The number of rotatable bonds is 6. The van der Waals surface area contributed by atoms with Crippen LogP contribution in [-0.4, -0.2) is 51.1 Å². The van der Waals surface area contributed by atoms with E-state index in [1.807, 2.05) is 0 Å². The Morgan fingerprint density at radius 2 is 1.83 bits per heavy atom. The van der Waals surface area contributed by atoms with Crippen molar-refractivity contribution in [3.8, 4) is 0 Å². The van der Waals surface area contributed by atoms with Gasteiger partial charge in [-0.3, -0.25) is 9.79 Å². The molecule has 1 atom stereocenters. The standard InChI is InChI=1S/C22H28ClN5O.HI/c1-16-7-9-18(10-8-16)28-14-11-17(15-28)27-22(24-2)26-13-12-25-21(29)19-5-3-4-6-20(19)23;/h3-10,17H,11-15H2,1-2H3,(H,25,29)(H2,24,26,27);1H. The van der Waals surface area contributed by atoms with E-state index in [0.717, 1.165) is 25.5 Å². The highest BCUT2D eigenvalue weighted by molar-refractivity contribution is 14.0. The van der Waals surface area contributed by atoms with E-state index in [-0.39, 0.29) is 29.9 Å². The molecule has 0 aromatic heterocycles. The van der Waals surface area contributed by atoms with Crippen LogP contribution in [0.4, 0.5) is 5.69 Å². The molecule has 1 saturated heterocycles.